The van der Waals surface area contributed by atoms with Crippen LogP contribution in [0.3, 0.4) is 0 Å². The van der Waals surface area contributed by atoms with Crippen LogP contribution in [0.15, 0.2) is 66.7 Å². The molecule has 0 aliphatic heterocycles. The molecule has 1 saturated carbocycles. The molecule has 0 spiro atoms. The van der Waals surface area contributed by atoms with E-state index < -0.39 is 0 Å². The zero-order valence-electron chi connectivity index (χ0n) is 9.49. The van der Waals surface area contributed by atoms with Gasteiger partial charge in [-0.1, -0.05) is 66.2 Å². The summed E-state index contributed by atoms with van der Waals surface area (Å²) in [6.07, 6.45) is 1.04. The molecule has 0 N–H and O–H groups in total. The lowest BCUT2D eigenvalue weighted by Gasteiger charge is -2.16. The van der Waals surface area contributed by atoms with E-state index in [1.807, 2.05) is 18.2 Å². The zero-order chi connectivity index (χ0) is 11.9. The largest absolute Gasteiger partial charge is 0.0986 e. The molecule has 2 aromatic rings. The van der Waals surface area contributed by atoms with Crippen LogP contribution in [0, 0.1) is 0 Å². The summed E-state index contributed by atoms with van der Waals surface area (Å²) in [6.45, 7) is 4.16. The molecule has 1 heteroatoms. The van der Waals surface area contributed by atoms with Crippen molar-refractivity contribution in [1.82, 2.24) is 0 Å². The molecule has 3 rings (SSSR count). The maximum Gasteiger partial charge on any atom is 0.0446 e. The van der Waals surface area contributed by atoms with Crippen molar-refractivity contribution in [1.29, 1.82) is 0 Å². The van der Waals surface area contributed by atoms with Crippen molar-refractivity contribution in [3.8, 4) is 0 Å². The van der Waals surface area contributed by atoms with Crippen LogP contribution in [0.1, 0.15) is 17.5 Å². The third kappa shape index (κ3) is 1.60. The highest BCUT2D eigenvalue weighted by Gasteiger charge is 2.49. The summed E-state index contributed by atoms with van der Waals surface area (Å²) >= 11 is 5.94. The lowest BCUT2D eigenvalue weighted by Crippen LogP contribution is -2.08. The third-order valence-electron chi connectivity index (χ3n) is 3.56. The second-order valence-corrected chi connectivity index (χ2v) is 5.00. The molecule has 1 aliphatic rings. The maximum atomic E-state index is 5.94. The fraction of sp³-hybridized carbons (Fsp3) is 0.125. The summed E-state index contributed by atoms with van der Waals surface area (Å²) in [5, 5.41) is 0.781. The van der Waals surface area contributed by atoms with Gasteiger partial charge < -0.3 is 0 Å². The summed E-state index contributed by atoms with van der Waals surface area (Å²) < 4.78 is 0. The van der Waals surface area contributed by atoms with E-state index in [-0.39, 0.29) is 5.41 Å². The van der Waals surface area contributed by atoms with E-state index in [4.69, 9.17) is 11.6 Å². The Morgan fingerprint density at radius 1 is 0.882 bits per heavy atom. The van der Waals surface area contributed by atoms with Crippen LogP contribution < -0.4 is 0 Å². The Morgan fingerprint density at radius 3 is 1.94 bits per heavy atom. The Balaban J connectivity index is 2.11. The molecule has 1 atom stereocenters. The topological polar surface area (TPSA) is 0 Å². The van der Waals surface area contributed by atoms with E-state index in [0.717, 1.165) is 11.4 Å². The predicted octanol–water partition coefficient (Wildman–Crippen LogP) is 4.59. The molecule has 0 radical (unpaired) electrons. The highest BCUT2D eigenvalue weighted by atomic mass is 35.5. The molecule has 0 nitrogen and oxygen atoms in total. The van der Waals surface area contributed by atoms with E-state index in [9.17, 15) is 0 Å². The normalized spacial score (nSPS) is 22.5. The SMILES string of the molecule is C=C1C[C@@]1(c1ccccc1)c1ccc(Cl)cc1. The second-order valence-electron chi connectivity index (χ2n) is 4.56. The molecule has 1 aliphatic carbocycles. The van der Waals surface area contributed by atoms with Crippen LogP contribution in [-0.2, 0) is 5.41 Å². The lowest BCUT2D eigenvalue weighted by atomic mass is 9.87. The highest BCUT2D eigenvalue weighted by molar-refractivity contribution is 6.30. The Hall–Kier alpha value is -1.53. The van der Waals surface area contributed by atoms with Gasteiger partial charge in [0.15, 0.2) is 0 Å². The number of halogens is 1. The van der Waals surface area contributed by atoms with Gasteiger partial charge in [-0.15, -0.1) is 0 Å². The Morgan fingerprint density at radius 2 is 1.41 bits per heavy atom. The monoisotopic (exact) mass is 240 g/mol. The van der Waals surface area contributed by atoms with Crippen LogP contribution in [-0.4, -0.2) is 0 Å². The van der Waals surface area contributed by atoms with Gasteiger partial charge in [-0.2, -0.15) is 0 Å². The van der Waals surface area contributed by atoms with Crippen LogP contribution in [0.25, 0.3) is 0 Å². The lowest BCUT2D eigenvalue weighted by molar-refractivity contribution is 0.881. The van der Waals surface area contributed by atoms with Crippen molar-refractivity contribution in [3.05, 3.63) is 82.9 Å². The molecule has 2 aromatic carbocycles. The Bertz CT molecular complexity index is 554. The molecule has 17 heavy (non-hydrogen) atoms. The molecule has 84 valence electrons. The van der Waals surface area contributed by atoms with Gasteiger partial charge in [0.05, 0.1) is 0 Å². The summed E-state index contributed by atoms with van der Waals surface area (Å²) in [7, 11) is 0. The average Bonchev–Trinajstić information content (AvgIpc) is 3.04. The summed E-state index contributed by atoms with van der Waals surface area (Å²) in [6, 6.07) is 18.7. The van der Waals surface area contributed by atoms with Crippen LogP contribution in [0.4, 0.5) is 0 Å². The van der Waals surface area contributed by atoms with E-state index in [1.165, 1.54) is 16.7 Å². The van der Waals surface area contributed by atoms with Crippen molar-refractivity contribution < 1.29 is 0 Å². The van der Waals surface area contributed by atoms with Crippen molar-refractivity contribution >= 4 is 11.6 Å². The first kappa shape index (κ1) is 10.6. The van der Waals surface area contributed by atoms with Gasteiger partial charge in [0.2, 0.25) is 0 Å². The summed E-state index contributed by atoms with van der Waals surface area (Å²) in [5.41, 5.74) is 3.93. The van der Waals surface area contributed by atoms with Gasteiger partial charge in [0.1, 0.15) is 0 Å². The fourth-order valence-electron chi connectivity index (χ4n) is 2.51. The minimum absolute atomic E-state index is 0.0336. The van der Waals surface area contributed by atoms with Gasteiger partial charge in [0.25, 0.3) is 0 Å². The first-order valence-electron chi connectivity index (χ1n) is 5.73. The minimum Gasteiger partial charge on any atom is -0.0986 e. The number of hydrogen-bond acceptors (Lipinski definition) is 0. The smallest absolute Gasteiger partial charge is 0.0446 e. The second kappa shape index (κ2) is 3.75. The third-order valence-corrected chi connectivity index (χ3v) is 3.81. The van der Waals surface area contributed by atoms with Gasteiger partial charge in [-0.25, -0.2) is 0 Å². The zero-order valence-corrected chi connectivity index (χ0v) is 10.2. The molecule has 0 amide bonds. The van der Waals surface area contributed by atoms with Gasteiger partial charge in [0, 0.05) is 10.4 Å². The molecule has 0 heterocycles. The van der Waals surface area contributed by atoms with E-state index in [2.05, 4.69) is 43.0 Å². The van der Waals surface area contributed by atoms with E-state index in [0.29, 0.717) is 0 Å². The first-order valence-corrected chi connectivity index (χ1v) is 6.11. The van der Waals surface area contributed by atoms with E-state index >= 15 is 0 Å². The highest BCUT2D eigenvalue weighted by Crippen LogP contribution is 2.57. The van der Waals surface area contributed by atoms with Crippen molar-refractivity contribution in [2.45, 2.75) is 11.8 Å². The molecule has 0 unspecified atom stereocenters. The number of rotatable bonds is 2. The molecular weight excluding hydrogens is 228 g/mol. The van der Waals surface area contributed by atoms with Crippen molar-refractivity contribution in [2.75, 3.05) is 0 Å². The first-order chi connectivity index (χ1) is 8.23. The molecule has 0 bridgehead atoms. The Labute approximate surface area is 107 Å². The van der Waals surface area contributed by atoms with Gasteiger partial charge in [-0.3, -0.25) is 0 Å². The van der Waals surface area contributed by atoms with Crippen molar-refractivity contribution in [2.24, 2.45) is 0 Å². The van der Waals surface area contributed by atoms with Crippen LogP contribution in [0.5, 0.6) is 0 Å². The minimum atomic E-state index is 0.0336. The van der Waals surface area contributed by atoms with Gasteiger partial charge >= 0.3 is 0 Å². The Kier molecular flexibility index (Phi) is 2.34. The molecular formula is C16H13Cl. The van der Waals surface area contributed by atoms with E-state index in [1.54, 1.807) is 0 Å². The standard InChI is InChI=1S/C16H13Cl/c1-12-11-16(12,13-5-3-2-4-6-13)14-7-9-15(17)10-8-14/h2-10H,1,11H2/t16-/m1/s1. The maximum absolute atomic E-state index is 5.94. The number of hydrogen-bond donors (Lipinski definition) is 0. The molecule has 0 saturated heterocycles. The quantitative estimate of drug-likeness (QED) is 0.674. The summed E-state index contributed by atoms with van der Waals surface area (Å²) in [4.78, 5) is 0. The predicted molar refractivity (Wildman–Crippen MR) is 72.4 cm³/mol. The van der Waals surface area contributed by atoms with Crippen molar-refractivity contribution in [3.63, 3.8) is 0 Å². The number of allylic oxidation sites excluding steroid dienone is 1. The number of benzene rings is 2. The summed E-state index contributed by atoms with van der Waals surface area (Å²) in [5.74, 6) is 0. The fourth-order valence-corrected chi connectivity index (χ4v) is 2.64. The van der Waals surface area contributed by atoms with Crippen LogP contribution >= 0.6 is 11.6 Å². The van der Waals surface area contributed by atoms with Crippen LogP contribution in [0.2, 0.25) is 5.02 Å². The van der Waals surface area contributed by atoms with Gasteiger partial charge in [-0.05, 0) is 29.7 Å². The molecule has 0 aromatic heterocycles. The molecule has 1 fully saturated rings. The average molecular weight is 241 g/mol.